The van der Waals surface area contributed by atoms with Crippen LogP contribution in [0, 0.1) is 5.92 Å². The van der Waals surface area contributed by atoms with Crippen molar-refractivity contribution < 1.29 is 4.42 Å². The minimum atomic E-state index is 0.263. The minimum absolute atomic E-state index is 0.263. The number of furan rings is 1. The molecule has 1 aromatic rings. The summed E-state index contributed by atoms with van der Waals surface area (Å²) >= 11 is 0. The zero-order chi connectivity index (χ0) is 10.7. The lowest BCUT2D eigenvalue weighted by Crippen LogP contribution is -2.28. The number of aryl methyl sites for hydroxylation is 1. The standard InChI is InChI=1S/C12H20N2O/c1-2-12-10(7-8-15-12)11(14-13)6-5-9-3-4-9/h7-9,11,14H,2-6,13H2,1H3. The van der Waals surface area contributed by atoms with Crippen LogP contribution < -0.4 is 11.3 Å². The monoisotopic (exact) mass is 208 g/mol. The molecule has 84 valence electrons. The third-order valence-corrected chi connectivity index (χ3v) is 3.24. The van der Waals surface area contributed by atoms with Gasteiger partial charge in [0, 0.05) is 18.0 Å². The molecule has 0 amide bonds. The molecule has 0 bridgehead atoms. The number of hydrogen-bond donors (Lipinski definition) is 2. The lowest BCUT2D eigenvalue weighted by molar-refractivity contribution is 0.457. The SMILES string of the molecule is CCc1occc1C(CCC1CC1)NN. The van der Waals surface area contributed by atoms with Crippen molar-refractivity contribution in [2.24, 2.45) is 11.8 Å². The summed E-state index contributed by atoms with van der Waals surface area (Å²) in [5.41, 5.74) is 4.14. The van der Waals surface area contributed by atoms with Crippen molar-refractivity contribution in [1.29, 1.82) is 0 Å². The van der Waals surface area contributed by atoms with Crippen molar-refractivity contribution >= 4 is 0 Å². The summed E-state index contributed by atoms with van der Waals surface area (Å²) < 4.78 is 5.42. The molecule has 1 aliphatic carbocycles. The van der Waals surface area contributed by atoms with Gasteiger partial charge in [0.05, 0.1) is 6.26 Å². The van der Waals surface area contributed by atoms with Gasteiger partial charge in [0.25, 0.3) is 0 Å². The third-order valence-electron chi connectivity index (χ3n) is 3.24. The quantitative estimate of drug-likeness (QED) is 0.558. The van der Waals surface area contributed by atoms with E-state index in [9.17, 15) is 0 Å². The number of nitrogens with one attached hydrogen (secondary N) is 1. The molecule has 15 heavy (non-hydrogen) atoms. The summed E-state index contributed by atoms with van der Waals surface area (Å²) in [7, 11) is 0. The molecule has 0 radical (unpaired) electrons. The molecule has 0 saturated heterocycles. The Kier molecular flexibility index (Phi) is 3.44. The Morgan fingerprint density at radius 3 is 3.00 bits per heavy atom. The molecule has 3 N–H and O–H groups in total. The van der Waals surface area contributed by atoms with Gasteiger partial charge in [0.1, 0.15) is 5.76 Å². The average Bonchev–Trinajstić information content (AvgIpc) is 2.96. The number of rotatable bonds is 6. The van der Waals surface area contributed by atoms with Crippen molar-refractivity contribution in [3.63, 3.8) is 0 Å². The summed E-state index contributed by atoms with van der Waals surface area (Å²) in [6.07, 6.45) is 7.91. The molecule has 1 fully saturated rings. The number of hydrazine groups is 1. The van der Waals surface area contributed by atoms with Gasteiger partial charge < -0.3 is 4.42 Å². The molecule has 3 nitrogen and oxygen atoms in total. The van der Waals surface area contributed by atoms with Crippen molar-refractivity contribution in [2.75, 3.05) is 0 Å². The highest BCUT2D eigenvalue weighted by molar-refractivity contribution is 5.21. The van der Waals surface area contributed by atoms with E-state index in [-0.39, 0.29) is 6.04 Å². The van der Waals surface area contributed by atoms with Gasteiger partial charge in [0.15, 0.2) is 0 Å². The number of hydrogen-bond acceptors (Lipinski definition) is 3. The lowest BCUT2D eigenvalue weighted by Gasteiger charge is -2.15. The van der Waals surface area contributed by atoms with E-state index in [0.29, 0.717) is 0 Å². The Bertz CT molecular complexity index is 304. The van der Waals surface area contributed by atoms with Crippen LogP contribution >= 0.6 is 0 Å². The maximum Gasteiger partial charge on any atom is 0.108 e. The fourth-order valence-electron chi connectivity index (χ4n) is 2.09. The Hall–Kier alpha value is -0.800. The summed E-state index contributed by atoms with van der Waals surface area (Å²) in [6.45, 7) is 2.11. The first kappa shape index (κ1) is 10.7. The Morgan fingerprint density at radius 2 is 2.40 bits per heavy atom. The Morgan fingerprint density at radius 1 is 1.60 bits per heavy atom. The molecule has 1 aliphatic rings. The zero-order valence-corrected chi connectivity index (χ0v) is 9.33. The fourth-order valence-corrected chi connectivity index (χ4v) is 2.09. The van der Waals surface area contributed by atoms with Crippen molar-refractivity contribution in [2.45, 2.75) is 45.1 Å². The summed E-state index contributed by atoms with van der Waals surface area (Å²) in [4.78, 5) is 0. The highest BCUT2D eigenvalue weighted by Crippen LogP contribution is 2.36. The van der Waals surface area contributed by atoms with Gasteiger partial charge in [-0.3, -0.25) is 11.3 Å². The van der Waals surface area contributed by atoms with Crippen molar-refractivity contribution in [3.05, 3.63) is 23.7 Å². The van der Waals surface area contributed by atoms with E-state index in [1.807, 2.05) is 6.07 Å². The van der Waals surface area contributed by atoms with E-state index in [1.54, 1.807) is 6.26 Å². The molecule has 1 unspecified atom stereocenters. The second kappa shape index (κ2) is 4.81. The smallest absolute Gasteiger partial charge is 0.108 e. The van der Waals surface area contributed by atoms with Gasteiger partial charge in [-0.2, -0.15) is 0 Å². The number of nitrogens with two attached hydrogens (primary N) is 1. The predicted molar refractivity (Wildman–Crippen MR) is 60.1 cm³/mol. The van der Waals surface area contributed by atoms with Crippen LogP contribution in [0.25, 0.3) is 0 Å². The molecule has 3 heteroatoms. The molecule has 0 aliphatic heterocycles. The molecule has 1 atom stereocenters. The highest BCUT2D eigenvalue weighted by atomic mass is 16.3. The average molecular weight is 208 g/mol. The molecule has 2 rings (SSSR count). The maximum atomic E-state index is 5.60. The van der Waals surface area contributed by atoms with Crippen LogP contribution in [0.5, 0.6) is 0 Å². The lowest BCUT2D eigenvalue weighted by atomic mass is 10.0. The Labute approximate surface area is 91.0 Å². The van der Waals surface area contributed by atoms with Gasteiger partial charge >= 0.3 is 0 Å². The van der Waals surface area contributed by atoms with E-state index < -0.39 is 0 Å². The minimum Gasteiger partial charge on any atom is -0.469 e. The summed E-state index contributed by atoms with van der Waals surface area (Å²) in [6, 6.07) is 2.30. The third kappa shape index (κ3) is 2.61. The van der Waals surface area contributed by atoms with Crippen LogP contribution in [0.2, 0.25) is 0 Å². The van der Waals surface area contributed by atoms with Crippen molar-refractivity contribution in [1.82, 2.24) is 5.43 Å². The fraction of sp³-hybridized carbons (Fsp3) is 0.667. The first-order chi connectivity index (χ1) is 7.35. The molecular formula is C12H20N2O. The van der Waals surface area contributed by atoms with E-state index in [2.05, 4.69) is 12.3 Å². The second-order valence-electron chi connectivity index (χ2n) is 4.39. The molecule has 0 aromatic carbocycles. The van der Waals surface area contributed by atoms with E-state index in [1.165, 1.54) is 24.8 Å². The Balaban J connectivity index is 1.97. The van der Waals surface area contributed by atoms with Crippen LogP contribution in [-0.4, -0.2) is 0 Å². The highest BCUT2D eigenvalue weighted by Gasteiger charge is 2.24. The van der Waals surface area contributed by atoms with Gasteiger partial charge in [-0.25, -0.2) is 0 Å². The maximum absolute atomic E-state index is 5.60. The normalized spacial score (nSPS) is 18.0. The first-order valence-electron chi connectivity index (χ1n) is 5.87. The largest absolute Gasteiger partial charge is 0.469 e. The van der Waals surface area contributed by atoms with E-state index in [4.69, 9.17) is 10.3 Å². The topological polar surface area (TPSA) is 51.2 Å². The van der Waals surface area contributed by atoms with E-state index in [0.717, 1.165) is 24.5 Å². The van der Waals surface area contributed by atoms with Crippen LogP contribution in [0.4, 0.5) is 0 Å². The van der Waals surface area contributed by atoms with Crippen LogP contribution in [-0.2, 0) is 6.42 Å². The predicted octanol–water partition coefficient (Wildman–Crippen LogP) is 2.54. The van der Waals surface area contributed by atoms with Gasteiger partial charge in [-0.05, 0) is 24.8 Å². The molecule has 1 aromatic heterocycles. The molecule has 1 heterocycles. The van der Waals surface area contributed by atoms with Crippen molar-refractivity contribution in [3.8, 4) is 0 Å². The van der Waals surface area contributed by atoms with Gasteiger partial charge in [-0.15, -0.1) is 0 Å². The van der Waals surface area contributed by atoms with Gasteiger partial charge in [-0.1, -0.05) is 19.8 Å². The first-order valence-corrected chi connectivity index (χ1v) is 5.87. The van der Waals surface area contributed by atoms with Gasteiger partial charge in [0.2, 0.25) is 0 Å². The van der Waals surface area contributed by atoms with E-state index >= 15 is 0 Å². The molecule has 0 spiro atoms. The molecular weight excluding hydrogens is 188 g/mol. The summed E-state index contributed by atoms with van der Waals surface area (Å²) in [5, 5.41) is 0. The van der Waals surface area contributed by atoms with Crippen LogP contribution in [0.1, 0.15) is 50.0 Å². The zero-order valence-electron chi connectivity index (χ0n) is 9.33. The second-order valence-corrected chi connectivity index (χ2v) is 4.39. The van der Waals surface area contributed by atoms with Crippen LogP contribution in [0.3, 0.4) is 0 Å². The molecule has 1 saturated carbocycles. The van der Waals surface area contributed by atoms with Crippen LogP contribution in [0.15, 0.2) is 16.7 Å². The summed E-state index contributed by atoms with van der Waals surface area (Å²) in [5.74, 6) is 7.62.